The lowest BCUT2D eigenvalue weighted by molar-refractivity contribution is -0.0324. The molecule has 1 atom stereocenters. The first kappa shape index (κ1) is 15.1. The number of alkyl halides is 3. The first-order chi connectivity index (χ1) is 10.3. The number of carbonyl (C=O) groups is 1. The highest BCUT2D eigenvalue weighted by Gasteiger charge is 2.47. The molecule has 0 saturated heterocycles. The number of halogens is 3. The van der Waals surface area contributed by atoms with Gasteiger partial charge in [0.05, 0.1) is 25.4 Å². The van der Waals surface area contributed by atoms with Crippen molar-refractivity contribution in [2.75, 3.05) is 13.2 Å². The van der Waals surface area contributed by atoms with Crippen LogP contribution >= 0.6 is 0 Å². The minimum Gasteiger partial charge on any atom is -0.465 e. The molecule has 2 aliphatic heterocycles. The molecule has 0 spiro atoms. The van der Waals surface area contributed by atoms with E-state index in [1.807, 2.05) is 0 Å². The standard InChI is InChI=1S/C13H16F3N3O3/c14-12(7-20)2-3-13(15,16)10-8-5-18(11(21)22)4-1-9(8)17-19(10)6-12/h20H,1-7H2,(H,21,22). The minimum absolute atomic E-state index is 0.167. The van der Waals surface area contributed by atoms with Crippen molar-refractivity contribution < 1.29 is 28.2 Å². The lowest BCUT2D eigenvalue weighted by atomic mass is 9.97. The second-order valence-electron chi connectivity index (χ2n) is 5.90. The number of nitrogens with zero attached hydrogens (tertiary/aromatic N) is 3. The van der Waals surface area contributed by atoms with Crippen LogP contribution in [0, 0.1) is 0 Å². The molecule has 3 heterocycles. The molecule has 0 saturated carbocycles. The van der Waals surface area contributed by atoms with Gasteiger partial charge in [0.15, 0.2) is 5.67 Å². The van der Waals surface area contributed by atoms with E-state index in [0.717, 1.165) is 9.58 Å². The number of carboxylic acid groups (broad SMARTS) is 1. The topological polar surface area (TPSA) is 78.6 Å². The SMILES string of the molecule is O=C(O)N1CCc2nn3c(c2C1)C(F)(F)CCC(F)(CO)C3. The van der Waals surface area contributed by atoms with Gasteiger partial charge in [-0.15, -0.1) is 0 Å². The van der Waals surface area contributed by atoms with Crippen molar-refractivity contribution in [1.29, 1.82) is 0 Å². The van der Waals surface area contributed by atoms with Crippen molar-refractivity contribution >= 4 is 6.09 Å². The summed E-state index contributed by atoms with van der Waals surface area (Å²) in [6, 6.07) is 0. The highest BCUT2D eigenvalue weighted by molar-refractivity contribution is 5.65. The predicted molar refractivity (Wildman–Crippen MR) is 68.4 cm³/mol. The molecular weight excluding hydrogens is 303 g/mol. The van der Waals surface area contributed by atoms with Crippen molar-refractivity contribution in [2.45, 2.75) is 43.9 Å². The molecule has 1 unspecified atom stereocenters. The van der Waals surface area contributed by atoms with E-state index in [2.05, 4.69) is 5.10 Å². The Morgan fingerprint density at radius 3 is 2.68 bits per heavy atom. The molecule has 0 radical (unpaired) electrons. The van der Waals surface area contributed by atoms with Crippen LogP contribution in [-0.4, -0.2) is 49.8 Å². The van der Waals surface area contributed by atoms with Crippen molar-refractivity contribution in [3.63, 3.8) is 0 Å². The Morgan fingerprint density at radius 2 is 2.05 bits per heavy atom. The van der Waals surface area contributed by atoms with Crippen LogP contribution in [0.15, 0.2) is 0 Å². The molecule has 122 valence electrons. The van der Waals surface area contributed by atoms with Gasteiger partial charge in [0, 0.05) is 24.9 Å². The molecule has 0 fully saturated rings. The normalized spacial score (nSPS) is 27.0. The summed E-state index contributed by atoms with van der Waals surface area (Å²) in [7, 11) is 0. The van der Waals surface area contributed by atoms with Gasteiger partial charge in [-0.3, -0.25) is 4.68 Å². The molecule has 1 aromatic rings. The van der Waals surface area contributed by atoms with Crippen LogP contribution in [0.25, 0.3) is 0 Å². The fourth-order valence-corrected chi connectivity index (χ4v) is 3.09. The van der Waals surface area contributed by atoms with Gasteiger partial charge < -0.3 is 15.1 Å². The molecule has 3 rings (SSSR count). The van der Waals surface area contributed by atoms with Crippen molar-refractivity contribution in [2.24, 2.45) is 0 Å². The van der Waals surface area contributed by atoms with Crippen LogP contribution < -0.4 is 0 Å². The second kappa shape index (κ2) is 4.87. The summed E-state index contributed by atoms with van der Waals surface area (Å²) < 4.78 is 44.1. The Balaban J connectivity index is 2.07. The number of aromatic nitrogens is 2. The van der Waals surface area contributed by atoms with Gasteiger partial charge in [0.1, 0.15) is 5.69 Å². The van der Waals surface area contributed by atoms with Crippen LogP contribution in [0.4, 0.5) is 18.0 Å². The Morgan fingerprint density at radius 1 is 1.32 bits per heavy atom. The maximum atomic E-state index is 14.4. The van der Waals surface area contributed by atoms with Crippen LogP contribution in [0.3, 0.4) is 0 Å². The smallest absolute Gasteiger partial charge is 0.407 e. The van der Waals surface area contributed by atoms with Crippen molar-refractivity contribution in [3.8, 4) is 0 Å². The zero-order valence-electron chi connectivity index (χ0n) is 11.7. The summed E-state index contributed by atoms with van der Waals surface area (Å²) in [6.45, 7) is -1.30. The van der Waals surface area contributed by atoms with Gasteiger partial charge in [-0.2, -0.15) is 13.9 Å². The van der Waals surface area contributed by atoms with Gasteiger partial charge in [0.25, 0.3) is 5.92 Å². The summed E-state index contributed by atoms with van der Waals surface area (Å²) in [5.41, 5.74) is -2.01. The third-order valence-electron chi connectivity index (χ3n) is 4.32. The number of hydrogen-bond donors (Lipinski definition) is 2. The van der Waals surface area contributed by atoms with Gasteiger partial charge >= 0.3 is 6.09 Å². The van der Waals surface area contributed by atoms with Crippen LogP contribution in [0.5, 0.6) is 0 Å². The summed E-state index contributed by atoms with van der Waals surface area (Å²) >= 11 is 0. The summed E-state index contributed by atoms with van der Waals surface area (Å²) in [5, 5.41) is 22.2. The maximum Gasteiger partial charge on any atom is 0.407 e. The molecule has 2 aliphatic rings. The molecule has 1 amide bonds. The molecule has 0 aliphatic carbocycles. The Bertz CT molecular complexity index is 619. The Labute approximate surface area is 124 Å². The van der Waals surface area contributed by atoms with Gasteiger partial charge in [-0.1, -0.05) is 0 Å². The predicted octanol–water partition coefficient (Wildman–Crippen LogP) is 1.51. The number of aliphatic hydroxyl groups excluding tert-OH is 1. The first-order valence-corrected chi connectivity index (χ1v) is 7.00. The number of rotatable bonds is 1. The average Bonchev–Trinajstić information content (AvgIpc) is 2.77. The lowest BCUT2D eigenvalue weighted by Crippen LogP contribution is -2.35. The first-order valence-electron chi connectivity index (χ1n) is 7.00. The zero-order valence-corrected chi connectivity index (χ0v) is 11.7. The number of fused-ring (bicyclic) bond motifs is 3. The van der Waals surface area contributed by atoms with E-state index in [9.17, 15) is 18.0 Å². The molecule has 9 heteroatoms. The minimum atomic E-state index is -3.30. The van der Waals surface area contributed by atoms with E-state index < -0.39 is 49.4 Å². The molecule has 6 nitrogen and oxygen atoms in total. The number of aliphatic hydroxyl groups is 1. The van der Waals surface area contributed by atoms with Crippen LogP contribution in [0.1, 0.15) is 29.8 Å². The molecular formula is C13H16F3N3O3. The fraction of sp³-hybridized carbons (Fsp3) is 0.692. The van der Waals surface area contributed by atoms with Crippen molar-refractivity contribution in [1.82, 2.24) is 14.7 Å². The van der Waals surface area contributed by atoms with E-state index in [0.29, 0.717) is 5.69 Å². The van der Waals surface area contributed by atoms with E-state index in [1.54, 1.807) is 0 Å². The molecule has 2 N–H and O–H groups in total. The average molecular weight is 319 g/mol. The van der Waals surface area contributed by atoms with E-state index in [1.165, 1.54) is 0 Å². The van der Waals surface area contributed by atoms with Crippen molar-refractivity contribution in [3.05, 3.63) is 17.0 Å². The monoisotopic (exact) mass is 319 g/mol. The second-order valence-corrected chi connectivity index (χ2v) is 5.90. The summed E-state index contributed by atoms with van der Waals surface area (Å²) in [6.07, 6.45) is -2.18. The van der Waals surface area contributed by atoms with E-state index in [4.69, 9.17) is 10.2 Å². The zero-order chi connectivity index (χ0) is 16.1. The highest BCUT2D eigenvalue weighted by Crippen LogP contribution is 2.43. The Kier molecular flexibility index (Phi) is 3.35. The Hall–Kier alpha value is -1.77. The van der Waals surface area contributed by atoms with Gasteiger partial charge in [-0.05, 0) is 6.42 Å². The molecule has 0 aromatic carbocycles. The summed E-state index contributed by atoms with van der Waals surface area (Å²) in [4.78, 5) is 12.1. The van der Waals surface area contributed by atoms with Crippen LogP contribution in [-0.2, 0) is 25.4 Å². The fourth-order valence-electron chi connectivity index (χ4n) is 3.09. The molecule has 1 aromatic heterocycles. The number of hydrogen-bond acceptors (Lipinski definition) is 3. The molecule has 22 heavy (non-hydrogen) atoms. The van der Waals surface area contributed by atoms with E-state index >= 15 is 0 Å². The van der Waals surface area contributed by atoms with Gasteiger partial charge in [0.2, 0.25) is 0 Å². The van der Waals surface area contributed by atoms with Crippen LogP contribution in [0.2, 0.25) is 0 Å². The maximum absolute atomic E-state index is 14.4. The largest absolute Gasteiger partial charge is 0.465 e. The van der Waals surface area contributed by atoms with Gasteiger partial charge in [-0.25, -0.2) is 9.18 Å². The summed E-state index contributed by atoms with van der Waals surface area (Å²) in [5.74, 6) is -3.30. The third kappa shape index (κ3) is 2.33. The highest BCUT2D eigenvalue weighted by atomic mass is 19.3. The number of amides is 1. The molecule has 0 bridgehead atoms. The quantitative estimate of drug-likeness (QED) is 0.822. The lowest BCUT2D eigenvalue weighted by Gasteiger charge is -2.25. The third-order valence-corrected chi connectivity index (χ3v) is 4.32. The van der Waals surface area contributed by atoms with E-state index in [-0.39, 0.29) is 25.1 Å².